The maximum Gasteiger partial charge on any atom is 0.332 e. The number of nitrogen functional groups attached to an aromatic ring is 1. The fourth-order valence-electron chi connectivity index (χ4n) is 1.53. The van der Waals surface area contributed by atoms with Crippen LogP contribution < -0.4 is 22.7 Å². The van der Waals surface area contributed by atoms with Crippen molar-refractivity contribution in [2.75, 3.05) is 5.73 Å². The van der Waals surface area contributed by atoms with Crippen LogP contribution in [0.2, 0.25) is 0 Å². The van der Waals surface area contributed by atoms with Crippen molar-refractivity contribution >= 4 is 5.82 Å². The first-order chi connectivity index (χ1) is 7.40. The van der Waals surface area contributed by atoms with Crippen LogP contribution in [0.15, 0.2) is 9.59 Å². The van der Waals surface area contributed by atoms with Crippen molar-refractivity contribution in [1.82, 2.24) is 9.13 Å². The van der Waals surface area contributed by atoms with E-state index in [2.05, 4.69) is 0 Å². The van der Waals surface area contributed by atoms with Crippen LogP contribution in [0.5, 0.6) is 0 Å². The van der Waals surface area contributed by atoms with Crippen LogP contribution in [0.1, 0.15) is 18.9 Å². The van der Waals surface area contributed by atoms with E-state index in [9.17, 15) is 9.59 Å². The van der Waals surface area contributed by atoms with Crippen LogP contribution in [0, 0.1) is 0 Å². The predicted molar refractivity (Wildman–Crippen MR) is 63.3 cm³/mol. The van der Waals surface area contributed by atoms with Gasteiger partial charge in [-0.2, -0.15) is 0 Å². The van der Waals surface area contributed by atoms with Gasteiger partial charge in [-0.15, -0.1) is 0 Å². The van der Waals surface area contributed by atoms with Crippen molar-refractivity contribution < 1.29 is 0 Å². The van der Waals surface area contributed by atoms with Crippen LogP contribution in [0.3, 0.4) is 0 Å². The van der Waals surface area contributed by atoms with Gasteiger partial charge in [0.2, 0.25) is 0 Å². The third kappa shape index (κ3) is 2.01. The van der Waals surface area contributed by atoms with Gasteiger partial charge in [0, 0.05) is 20.1 Å². The molecule has 0 aliphatic rings. The molecule has 0 amide bonds. The Balaban J connectivity index is 3.41. The third-order valence-corrected chi connectivity index (χ3v) is 2.80. The molecule has 1 heterocycles. The normalized spacial score (nSPS) is 12.8. The number of anilines is 1. The Hall–Kier alpha value is -1.56. The molecule has 0 aliphatic carbocycles. The summed E-state index contributed by atoms with van der Waals surface area (Å²) < 4.78 is 2.31. The van der Waals surface area contributed by atoms with Crippen LogP contribution in [0.4, 0.5) is 5.82 Å². The molecule has 0 fully saturated rings. The number of aromatic nitrogens is 2. The maximum absolute atomic E-state index is 11.8. The van der Waals surface area contributed by atoms with Gasteiger partial charge in [-0.25, -0.2) is 4.79 Å². The number of nitrogens with two attached hydrogens (primary N) is 2. The Morgan fingerprint density at radius 2 is 1.81 bits per heavy atom. The van der Waals surface area contributed by atoms with Gasteiger partial charge in [0.05, 0.1) is 5.56 Å². The predicted octanol–water partition coefficient (Wildman–Crippen LogP) is -1.05. The largest absolute Gasteiger partial charge is 0.385 e. The Bertz CT molecular complexity index is 501. The lowest BCUT2D eigenvalue weighted by molar-refractivity contribution is 0.616. The summed E-state index contributed by atoms with van der Waals surface area (Å²) in [6.07, 6.45) is 1.15. The number of hydrogen-bond donors (Lipinski definition) is 2. The summed E-state index contributed by atoms with van der Waals surface area (Å²) in [5.41, 5.74) is 11.2. The maximum atomic E-state index is 11.8. The molecule has 16 heavy (non-hydrogen) atoms. The summed E-state index contributed by atoms with van der Waals surface area (Å²) in [4.78, 5) is 23.4. The summed E-state index contributed by atoms with van der Waals surface area (Å²) in [7, 11) is 2.98. The van der Waals surface area contributed by atoms with E-state index in [4.69, 9.17) is 11.5 Å². The molecule has 0 saturated carbocycles. The first-order valence-electron chi connectivity index (χ1n) is 5.20. The topological polar surface area (TPSA) is 96.0 Å². The second-order valence-corrected chi connectivity index (χ2v) is 3.94. The fourth-order valence-corrected chi connectivity index (χ4v) is 1.53. The number of nitrogens with zero attached hydrogens (tertiary/aromatic N) is 2. The molecular formula is C10H18N4O2. The molecule has 0 radical (unpaired) electrons. The molecule has 0 spiro atoms. The average Bonchev–Trinajstić information content (AvgIpc) is 2.29. The highest BCUT2D eigenvalue weighted by atomic mass is 16.2. The lowest BCUT2D eigenvalue weighted by Gasteiger charge is -2.14. The fraction of sp³-hybridized carbons (Fsp3) is 0.600. The zero-order valence-electron chi connectivity index (χ0n) is 9.86. The quantitative estimate of drug-likeness (QED) is 0.687. The molecule has 0 aliphatic heterocycles. The molecule has 1 aromatic heterocycles. The van der Waals surface area contributed by atoms with Crippen LogP contribution in [0.25, 0.3) is 0 Å². The molecule has 1 aromatic rings. The minimum absolute atomic E-state index is 0.118. The van der Waals surface area contributed by atoms with E-state index in [1.165, 1.54) is 18.7 Å². The van der Waals surface area contributed by atoms with Gasteiger partial charge in [0.25, 0.3) is 5.56 Å². The summed E-state index contributed by atoms with van der Waals surface area (Å²) in [5.74, 6) is 0.206. The van der Waals surface area contributed by atoms with E-state index in [1.54, 1.807) is 0 Å². The minimum atomic E-state index is -0.420. The zero-order valence-corrected chi connectivity index (χ0v) is 9.86. The van der Waals surface area contributed by atoms with Crippen LogP contribution in [-0.2, 0) is 20.5 Å². The molecule has 90 valence electrons. The van der Waals surface area contributed by atoms with Crippen molar-refractivity contribution in [3.05, 3.63) is 26.4 Å². The SMILES string of the molecule is CCC(N)Cc1c(N)n(C)c(=O)n(C)c1=O. The molecule has 0 aromatic carbocycles. The third-order valence-electron chi connectivity index (χ3n) is 2.80. The summed E-state index contributed by atoms with van der Waals surface area (Å²) in [6.45, 7) is 1.94. The van der Waals surface area contributed by atoms with Gasteiger partial charge in [-0.1, -0.05) is 6.92 Å². The Morgan fingerprint density at radius 1 is 1.25 bits per heavy atom. The zero-order chi connectivity index (χ0) is 12.5. The second-order valence-electron chi connectivity index (χ2n) is 3.94. The lowest BCUT2D eigenvalue weighted by Crippen LogP contribution is -2.41. The molecule has 1 unspecified atom stereocenters. The Morgan fingerprint density at radius 3 is 2.31 bits per heavy atom. The van der Waals surface area contributed by atoms with Crippen molar-refractivity contribution in [3.8, 4) is 0 Å². The van der Waals surface area contributed by atoms with Crippen LogP contribution in [-0.4, -0.2) is 15.2 Å². The van der Waals surface area contributed by atoms with Gasteiger partial charge in [0.15, 0.2) is 0 Å². The monoisotopic (exact) mass is 226 g/mol. The van der Waals surface area contributed by atoms with Gasteiger partial charge >= 0.3 is 5.69 Å². The highest BCUT2D eigenvalue weighted by molar-refractivity contribution is 5.38. The van der Waals surface area contributed by atoms with Gasteiger partial charge in [-0.05, 0) is 12.8 Å². The van der Waals surface area contributed by atoms with Gasteiger partial charge in [0.1, 0.15) is 5.82 Å². The van der Waals surface area contributed by atoms with Crippen molar-refractivity contribution in [2.45, 2.75) is 25.8 Å². The Kier molecular flexibility index (Phi) is 3.54. The number of rotatable bonds is 3. The van der Waals surface area contributed by atoms with Gasteiger partial charge < -0.3 is 11.5 Å². The molecule has 6 nitrogen and oxygen atoms in total. The van der Waals surface area contributed by atoms with E-state index < -0.39 is 5.69 Å². The molecule has 1 atom stereocenters. The van der Waals surface area contributed by atoms with E-state index in [0.29, 0.717) is 12.0 Å². The highest BCUT2D eigenvalue weighted by Gasteiger charge is 2.14. The van der Waals surface area contributed by atoms with E-state index >= 15 is 0 Å². The van der Waals surface area contributed by atoms with Crippen LogP contribution >= 0.6 is 0 Å². The molecule has 0 bridgehead atoms. The minimum Gasteiger partial charge on any atom is -0.385 e. The van der Waals surface area contributed by atoms with Crippen molar-refractivity contribution in [1.29, 1.82) is 0 Å². The molecular weight excluding hydrogens is 208 g/mol. The first-order valence-corrected chi connectivity index (χ1v) is 5.20. The Labute approximate surface area is 93.5 Å². The summed E-state index contributed by atoms with van der Waals surface area (Å²) in [6, 6.07) is -0.118. The summed E-state index contributed by atoms with van der Waals surface area (Å²) >= 11 is 0. The summed E-state index contributed by atoms with van der Waals surface area (Å²) in [5, 5.41) is 0. The van der Waals surface area contributed by atoms with Gasteiger partial charge in [-0.3, -0.25) is 13.9 Å². The van der Waals surface area contributed by atoms with Crippen molar-refractivity contribution in [3.63, 3.8) is 0 Å². The standard InChI is InChI=1S/C10H18N4O2/c1-4-6(11)5-7-8(12)13(2)10(16)14(3)9(7)15/h6H,4-5,11-12H2,1-3H3. The number of hydrogen-bond acceptors (Lipinski definition) is 4. The van der Waals surface area contributed by atoms with E-state index in [1.807, 2.05) is 6.92 Å². The molecule has 6 heteroatoms. The molecule has 0 saturated heterocycles. The smallest absolute Gasteiger partial charge is 0.332 e. The lowest BCUT2D eigenvalue weighted by atomic mass is 10.1. The highest BCUT2D eigenvalue weighted by Crippen LogP contribution is 2.06. The van der Waals surface area contributed by atoms with E-state index in [0.717, 1.165) is 11.0 Å². The molecule has 4 N–H and O–H groups in total. The molecule has 1 rings (SSSR count). The average molecular weight is 226 g/mol. The van der Waals surface area contributed by atoms with Crippen molar-refractivity contribution in [2.24, 2.45) is 19.8 Å². The second kappa shape index (κ2) is 4.52. The van der Waals surface area contributed by atoms with E-state index in [-0.39, 0.29) is 17.4 Å². The first kappa shape index (κ1) is 12.5.